The molecule has 4 nitrogen and oxygen atoms in total. The van der Waals surface area contributed by atoms with Gasteiger partial charge in [0.05, 0.1) is 6.10 Å². The normalized spacial score (nSPS) is 16.2. The first-order valence-electron chi connectivity index (χ1n) is 6.47. The molecule has 2 rings (SSSR count). The quantitative estimate of drug-likeness (QED) is 0.860. The van der Waals surface area contributed by atoms with Gasteiger partial charge in [-0.25, -0.2) is 4.79 Å². The lowest BCUT2D eigenvalue weighted by molar-refractivity contribution is 0.199. The molecule has 98 valence electrons. The Morgan fingerprint density at radius 1 is 1.56 bits per heavy atom. The average molecular weight is 248 g/mol. The van der Waals surface area contributed by atoms with E-state index in [-0.39, 0.29) is 6.03 Å². The second-order valence-corrected chi connectivity index (χ2v) is 4.75. The zero-order valence-corrected chi connectivity index (χ0v) is 10.9. The second kappa shape index (κ2) is 5.40. The molecule has 1 atom stereocenters. The Kier molecular flexibility index (Phi) is 3.87. The number of urea groups is 1. The smallest absolute Gasteiger partial charge is 0.322 e. The van der Waals surface area contributed by atoms with E-state index in [0.717, 1.165) is 30.6 Å². The SMILES string of the molecule is CCN(C(=O)Nc1cccc(C(C)O)c1)C1CC1. The Hall–Kier alpha value is -1.55. The van der Waals surface area contributed by atoms with E-state index in [2.05, 4.69) is 5.32 Å². The minimum absolute atomic E-state index is 0.0530. The van der Waals surface area contributed by atoms with Crippen LogP contribution in [-0.4, -0.2) is 28.6 Å². The molecule has 1 unspecified atom stereocenters. The fraction of sp³-hybridized carbons (Fsp3) is 0.500. The summed E-state index contributed by atoms with van der Waals surface area (Å²) in [6.45, 7) is 4.43. The summed E-state index contributed by atoms with van der Waals surface area (Å²) in [5, 5.41) is 12.4. The molecule has 0 saturated heterocycles. The van der Waals surface area contributed by atoms with Gasteiger partial charge >= 0.3 is 6.03 Å². The average Bonchev–Trinajstić information content (AvgIpc) is 3.14. The maximum absolute atomic E-state index is 12.1. The number of nitrogens with one attached hydrogen (secondary N) is 1. The summed E-state index contributed by atoms with van der Waals surface area (Å²) in [5.74, 6) is 0. The molecule has 4 heteroatoms. The van der Waals surface area contributed by atoms with Crippen molar-refractivity contribution in [1.29, 1.82) is 0 Å². The molecule has 1 aromatic carbocycles. The van der Waals surface area contributed by atoms with Crippen LogP contribution in [0.3, 0.4) is 0 Å². The van der Waals surface area contributed by atoms with Crippen LogP contribution < -0.4 is 5.32 Å². The van der Waals surface area contributed by atoms with Crippen molar-refractivity contribution in [3.63, 3.8) is 0 Å². The van der Waals surface area contributed by atoms with Crippen molar-refractivity contribution in [2.45, 2.75) is 38.8 Å². The molecule has 1 saturated carbocycles. The molecule has 1 aromatic rings. The highest BCUT2D eigenvalue weighted by Crippen LogP contribution is 2.27. The van der Waals surface area contributed by atoms with Gasteiger partial charge in [0, 0.05) is 18.3 Å². The molecule has 2 amide bonds. The highest BCUT2D eigenvalue weighted by molar-refractivity contribution is 5.89. The van der Waals surface area contributed by atoms with Gasteiger partial charge in [-0.05, 0) is 44.4 Å². The first kappa shape index (κ1) is 12.9. The van der Waals surface area contributed by atoms with E-state index in [1.165, 1.54) is 0 Å². The Balaban J connectivity index is 2.03. The first-order chi connectivity index (χ1) is 8.61. The largest absolute Gasteiger partial charge is 0.389 e. The van der Waals surface area contributed by atoms with Crippen LogP contribution in [0.2, 0.25) is 0 Å². The molecule has 2 N–H and O–H groups in total. The highest BCUT2D eigenvalue weighted by atomic mass is 16.3. The summed E-state index contributed by atoms with van der Waals surface area (Å²) in [5.41, 5.74) is 1.54. The van der Waals surface area contributed by atoms with Gasteiger partial charge in [-0.2, -0.15) is 0 Å². The van der Waals surface area contributed by atoms with Crippen molar-refractivity contribution in [2.75, 3.05) is 11.9 Å². The number of rotatable bonds is 4. The number of aliphatic hydroxyl groups is 1. The summed E-state index contributed by atoms with van der Waals surface area (Å²) in [6.07, 6.45) is 1.69. The lowest BCUT2D eigenvalue weighted by atomic mass is 10.1. The minimum Gasteiger partial charge on any atom is -0.389 e. The summed E-state index contributed by atoms with van der Waals surface area (Å²) < 4.78 is 0. The molecule has 0 radical (unpaired) electrons. The van der Waals surface area contributed by atoms with Crippen molar-refractivity contribution in [2.24, 2.45) is 0 Å². The molecular formula is C14H20N2O2. The monoisotopic (exact) mass is 248 g/mol. The van der Waals surface area contributed by atoms with E-state index in [1.54, 1.807) is 6.92 Å². The number of carbonyl (C=O) groups is 1. The molecular weight excluding hydrogens is 228 g/mol. The summed E-state index contributed by atoms with van der Waals surface area (Å²) >= 11 is 0. The van der Waals surface area contributed by atoms with Crippen LogP contribution in [0.15, 0.2) is 24.3 Å². The van der Waals surface area contributed by atoms with Gasteiger partial charge in [-0.1, -0.05) is 12.1 Å². The predicted octanol–water partition coefficient (Wildman–Crippen LogP) is 2.76. The molecule has 0 aliphatic heterocycles. The number of nitrogens with zero attached hydrogens (tertiary/aromatic N) is 1. The number of anilines is 1. The van der Waals surface area contributed by atoms with Crippen LogP contribution in [-0.2, 0) is 0 Å². The van der Waals surface area contributed by atoms with Crippen LogP contribution in [0.1, 0.15) is 38.4 Å². The molecule has 0 spiro atoms. The Morgan fingerprint density at radius 2 is 2.28 bits per heavy atom. The van der Waals surface area contributed by atoms with Crippen LogP contribution in [0.5, 0.6) is 0 Å². The molecule has 1 fully saturated rings. The zero-order valence-electron chi connectivity index (χ0n) is 10.9. The van der Waals surface area contributed by atoms with E-state index >= 15 is 0 Å². The van der Waals surface area contributed by atoms with Crippen LogP contribution >= 0.6 is 0 Å². The van der Waals surface area contributed by atoms with Crippen LogP contribution in [0.4, 0.5) is 10.5 Å². The molecule has 0 heterocycles. The van der Waals surface area contributed by atoms with Gasteiger partial charge in [0.2, 0.25) is 0 Å². The number of amides is 2. The summed E-state index contributed by atoms with van der Waals surface area (Å²) in [6, 6.07) is 7.69. The van der Waals surface area contributed by atoms with Crippen LogP contribution in [0, 0.1) is 0 Å². The second-order valence-electron chi connectivity index (χ2n) is 4.75. The van der Waals surface area contributed by atoms with Crippen molar-refractivity contribution in [3.8, 4) is 0 Å². The van der Waals surface area contributed by atoms with Gasteiger partial charge in [0.1, 0.15) is 0 Å². The van der Waals surface area contributed by atoms with E-state index in [9.17, 15) is 9.90 Å². The third-order valence-corrected chi connectivity index (χ3v) is 3.21. The lowest BCUT2D eigenvalue weighted by Gasteiger charge is -2.21. The summed E-state index contributed by atoms with van der Waals surface area (Å²) in [7, 11) is 0. The number of hydrogen-bond donors (Lipinski definition) is 2. The molecule has 1 aliphatic rings. The van der Waals surface area contributed by atoms with Gasteiger partial charge in [0.25, 0.3) is 0 Å². The Morgan fingerprint density at radius 3 is 2.83 bits per heavy atom. The van der Waals surface area contributed by atoms with Crippen molar-refractivity contribution < 1.29 is 9.90 Å². The first-order valence-corrected chi connectivity index (χ1v) is 6.47. The fourth-order valence-electron chi connectivity index (χ4n) is 2.03. The molecule has 1 aliphatic carbocycles. The number of carbonyl (C=O) groups excluding carboxylic acids is 1. The number of aliphatic hydroxyl groups excluding tert-OH is 1. The maximum atomic E-state index is 12.1. The lowest BCUT2D eigenvalue weighted by Crippen LogP contribution is -2.36. The van der Waals surface area contributed by atoms with Gasteiger partial charge in [-0.15, -0.1) is 0 Å². The van der Waals surface area contributed by atoms with Crippen molar-refractivity contribution in [1.82, 2.24) is 4.90 Å². The topological polar surface area (TPSA) is 52.6 Å². The van der Waals surface area contributed by atoms with Gasteiger partial charge in [-0.3, -0.25) is 0 Å². The maximum Gasteiger partial charge on any atom is 0.322 e. The standard InChI is InChI=1S/C14H20N2O2/c1-3-16(13-7-8-13)14(18)15-12-6-4-5-11(9-12)10(2)17/h4-6,9-10,13,17H,3,7-8H2,1-2H3,(H,15,18). The van der Waals surface area contributed by atoms with E-state index in [0.29, 0.717) is 6.04 Å². The summed E-state index contributed by atoms with van der Waals surface area (Å²) in [4.78, 5) is 13.9. The molecule has 0 aromatic heterocycles. The Labute approximate surface area is 108 Å². The third-order valence-electron chi connectivity index (χ3n) is 3.21. The molecule has 0 bridgehead atoms. The number of benzene rings is 1. The van der Waals surface area contributed by atoms with Crippen molar-refractivity contribution >= 4 is 11.7 Å². The van der Waals surface area contributed by atoms with Gasteiger partial charge in [0.15, 0.2) is 0 Å². The zero-order chi connectivity index (χ0) is 13.1. The van der Waals surface area contributed by atoms with Crippen molar-refractivity contribution in [3.05, 3.63) is 29.8 Å². The van der Waals surface area contributed by atoms with E-state index < -0.39 is 6.10 Å². The van der Waals surface area contributed by atoms with Crippen LogP contribution in [0.25, 0.3) is 0 Å². The minimum atomic E-state index is -0.521. The molecule has 18 heavy (non-hydrogen) atoms. The number of hydrogen-bond acceptors (Lipinski definition) is 2. The predicted molar refractivity (Wildman–Crippen MR) is 71.5 cm³/mol. The highest BCUT2D eigenvalue weighted by Gasteiger charge is 2.31. The van der Waals surface area contributed by atoms with E-state index in [4.69, 9.17) is 0 Å². The van der Waals surface area contributed by atoms with E-state index in [1.807, 2.05) is 36.1 Å². The third kappa shape index (κ3) is 3.01. The fourth-order valence-corrected chi connectivity index (χ4v) is 2.03. The Bertz CT molecular complexity index is 428. The van der Waals surface area contributed by atoms with Gasteiger partial charge < -0.3 is 15.3 Å².